The molecule has 0 heterocycles. The molecule has 0 unspecified atom stereocenters. The normalized spacial score (nSPS) is 10.8. The zero-order valence-electron chi connectivity index (χ0n) is 17.1. The van der Waals surface area contributed by atoms with Gasteiger partial charge in [-0.2, -0.15) is 0 Å². The highest BCUT2D eigenvalue weighted by Gasteiger charge is 2.03. The smallest absolute Gasteiger partial charge is 0.250 e. The quantitative estimate of drug-likeness (QED) is 0.446. The molecule has 0 fully saturated rings. The predicted octanol–water partition coefficient (Wildman–Crippen LogP) is 5.04. The van der Waals surface area contributed by atoms with Crippen LogP contribution in [0, 0.1) is 5.92 Å². The number of ether oxygens (including phenoxy) is 2. The molecule has 154 valence electrons. The maximum absolute atomic E-state index is 12.0. The van der Waals surface area contributed by atoms with Crippen molar-refractivity contribution in [3.05, 3.63) is 60.2 Å². The van der Waals surface area contributed by atoms with E-state index in [1.807, 2.05) is 55.5 Å². The van der Waals surface area contributed by atoms with Gasteiger partial charge < -0.3 is 14.8 Å². The van der Waals surface area contributed by atoms with Crippen molar-refractivity contribution in [2.24, 2.45) is 5.92 Å². The van der Waals surface area contributed by atoms with Gasteiger partial charge in [-0.05, 0) is 79.5 Å². The van der Waals surface area contributed by atoms with Gasteiger partial charge in [-0.25, -0.2) is 0 Å². The Labute approximate surface area is 178 Å². The minimum Gasteiger partial charge on any atom is -0.494 e. The van der Waals surface area contributed by atoms with Crippen molar-refractivity contribution in [1.82, 2.24) is 5.32 Å². The molecule has 0 bridgehead atoms. The zero-order chi connectivity index (χ0) is 21.1. The van der Waals surface area contributed by atoms with Crippen LogP contribution in [0.3, 0.4) is 0 Å². The molecule has 0 aromatic heterocycles. The highest BCUT2D eigenvalue weighted by molar-refractivity contribution is 7.80. The largest absolute Gasteiger partial charge is 0.494 e. The Kier molecular flexibility index (Phi) is 9.18. The van der Waals surface area contributed by atoms with Crippen molar-refractivity contribution in [2.75, 3.05) is 18.5 Å². The molecule has 0 atom stereocenters. The molecule has 0 saturated carbocycles. The summed E-state index contributed by atoms with van der Waals surface area (Å²) in [6.45, 7) is 7.58. The van der Waals surface area contributed by atoms with Crippen LogP contribution < -0.4 is 20.1 Å². The lowest BCUT2D eigenvalue weighted by Crippen LogP contribution is -2.32. The van der Waals surface area contributed by atoms with Crippen LogP contribution in [-0.4, -0.2) is 24.2 Å². The van der Waals surface area contributed by atoms with Gasteiger partial charge in [0, 0.05) is 11.8 Å². The number of thiocarbonyl (C=S) groups is 1. The number of rotatable bonds is 9. The fourth-order valence-corrected chi connectivity index (χ4v) is 2.60. The minimum atomic E-state index is -0.301. The summed E-state index contributed by atoms with van der Waals surface area (Å²) in [5.74, 6) is 1.92. The highest BCUT2D eigenvalue weighted by Crippen LogP contribution is 2.16. The van der Waals surface area contributed by atoms with Crippen molar-refractivity contribution >= 4 is 35.0 Å². The van der Waals surface area contributed by atoms with Gasteiger partial charge in [0.2, 0.25) is 5.91 Å². The van der Waals surface area contributed by atoms with E-state index >= 15 is 0 Å². The van der Waals surface area contributed by atoms with E-state index < -0.39 is 0 Å². The van der Waals surface area contributed by atoms with Crippen LogP contribution in [0.25, 0.3) is 6.08 Å². The number of hydrogen-bond acceptors (Lipinski definition) is 4. The molecule has 2 aromatic rings. The lowest BCUT2D eigenvalue weighted by atomic mass is 10.1. The van der Waals surface area contributed by atoms with E-state index in [-0.39, 0.29) is 11.0 Å². The van der Waals surface area contributed by atoms with Crippen LogP contribution in [0.15, 0.2) is 54.6 Å². The molecule has 2 N–H and O–H groups in total. The fraction of sp³-hybridized carbons (Fsp3) is 0.304. The van der Waals surface area contributed by atoms with E-state index in [1.165, 1.54) is 6.08 Å². The van der Waals surface area contributed by atoms with E-state index in [9.17, 15) is 4.79 Å². The second-order valence-corrected chi connectivity index (χ2v) is 7.24. The summed E-state index contributed by atoms with van der Waals surface area (Å²) in [4.78, 5) is 12.0. The summed E-state index contributed by atoms with van der Waals surface area (Å²) in [7, 11) is 0. The summed E-state index contributed by atoms with van der Waals surface area (Å²) >= 11 is 5.20. The fourth-order valence-electron chi connectivity index (χ4n) is 2.38. The van der Waals surface area contributed by atoms with E-state index in [1.54, 1.807) is 6.08 Å². The summed E-state index contributed by atoms with van der Waals surface area (Å²) in [6, 6.07) is 15.0. The van der Waals surface area contributed by atoms with Gasteiger partial charge in [0.1, 0.15) is 11.5 Å². The van der Waals surface area contributed by atoms with Gasteiger partial charge >= 0.3 is 0 Å². The molecule has 5 nitrogen and oxygen atoms in total. The second kappa shape index (κ2) is 11.9. The number of amides is 1. The molecule has 0 aliphatic carbocycles. The average molecular weight is 413 g/mol. The molecule has 1 amide bonds. The lowest BCUT2D eigenvalue weighted by molar-refractivity contribution is -0.115. The van der Waals surface area contributed by atoms with E-state index in [4.69, 9.17) is 21.7 Å². The first-order valence-corrected chi connectivity index (χ1v) is 10.1. The van der Waals surface area contributed by atoms with Crippen molar-refractivity contribution in [2.45, 2.75) is 27.2 Å². The third-order valence-electron chi connectivity index (χ3n) is 3.93. The number of anilines is 1. The van der Waals surface area contributed by atoms with Crippen LogP contribution in [0.5, 0.6) is 11.5 Å². The summed E-state index contributed by atoms with van der Waals surface area (Å²) in [6.07, 6.45) is 4.17. The third-order valence-corrected chi connectivity index (χ3v) is 4.14. The molecule has 2 aromatic carbocycles. The minimum absolute atomic E-state index is 0.236. The van der Waals surface area contributed by atoms with Crippen LogP contribution >= 0.6 is 12.2 Å². The van der Waals surface area contributed by atoms with Crippen molar-refractivity contribution in [3.8, 4) is 11.5 Å². The number of nitrogens with one attached hydrogen (secondary N) is 2. The van der Waals surface area contributed by atoms with Gasteiger partial charge in [-0.1, -0.05) is 26.0 Å². The van der Waals surface area contributed by atoms with E-state index in [2.05, 4.69) is 24.5 Å². The van der Waals surface area contributed by atoms with Gasteiger partial charge in [-0.15, -0.1) is 0 Å². The van der Waals surface area contributed by atoms with Crippen LogP contribution in [0.1, 0.15) is 32.8 Å². The maximum atomic E-state index is 12.0. The monoisotopic (exact) mass is 412 g/mol. The van der Waals surface area contributed by atoms with Crippen LogP contribution in [0.2, 0.25) is 0 Å². The third kappa shape index (κ3) is 8.79. The van der Waals surface area contributed by atoms with Gasteiger partial charge in [0.05, 0.1) is 13.2 Å². The Morgan fingerprint density at radius 2 is 1.66 bits per heavy atom. The number of hydrogen-bond donors (Lipinski definition) is 2. The Hall–Kier alpha value is -2.86. The number of carbonyl (C=O) groups excluding carboxylic acids is 1. The summed E-state index contributed by atoms with van der Waals surface area (Å²) in [5, 5.41) is 5.85. The standard InChI is InChI=1S/C23H28N2O3S/c1-4-27-20-10-5-18(6-11-20)7-14-22(26)25-23(29)24-19-8-12-21(13-9-19)28-16-15-17(2)3/h5-14,17H,4,15-16H2,1-3H3,(H2,24,25,26,29)/b14-7+. The Balaban J connectivity index is 1.78. The average Bonchev–Trinajstić information content (AvgIpc) is 2.69. The molecule has 0 spiro atoms. The molecule has 0 aliphatic rings. The van der Waals surface area contributed by atoms with Gasteiger partial charge in [-0.3, -0.25) is 10.1 Å². The molecule has 0 saturated heterocycles. The molecule has 6 heteroatoms. The maximum Gasteiger partial charge on any atom is 0.250 e. The van der Waals surface area contributed by atoms with Crippen molar-refractivity contribution in [3.63, 3.8) is 0 Å². The first kappa shape index (κ1) is 22.4. The van der Waals surface area contributed by atoms with E-state index in [0.29, 0.717) is 19.1 Å². The predicted molar refractivity (Wildman–Crippen MR) is 122 cm³/mol. The Bertz CT molecular complexity index is 815. The van der Waals surface area contributed by atoms with Gasteiger partial charge in [0.15, 0.2) is 5.11 Å². The molecular formula is C23H28N2O3S. The lowest BCUT2D eigenvalue weighted by Gasteiger charge is -2.10. The Morgan fingerprint density at radius 3 is 2.28 bits per heavy atom. The van der Waals surface area contributed by atoms with Crippen molar-refractivity contribution < 1.29 is 14.3 Å². The van der Waals surface area contributed by atoms with Gasteiger partial charge in [0.25, 0.3) is 0 Å². The van der Waals surface area contributed by atoms with Crippen molar-refractivity contribution in [1.29, 1.82) is 0 Å². The van der Waals surface area contributed by atoms with Crippen LogP contribution in [-0.2, 0) is 4.79 Å². The molecule has 2 rings (SSSR count). The first-order valence-electron chi connectivity index (χ1n) is 9.72. The zero-order valence-corrected chi connectivity index (χ0v) is 17.9. The SMILES string of the molecule is CCOc1ccc(/C=C/C(=O)NC(=S)Nc2ccc(OCCC(C)C)cc2)cc1. The highest BCUT2D eigenvalue weighted by atomic mass is 32.1. The molecule has 0 aliphatic heterocycles. The number of benzene rings is 2. The van der Waals surface area contributed by atoms with E-state index in [0.717, 1.165) is 29.2 Å². The molecule has 29 heavy (non-hydrogen) atoms. The molecule has 0 radical (unpaired) electrons. The second-order valence-electron chi connectivity index (χ2n) is 6.83. The first-order chi connectivity index (χ1) is 14.0. The summed E-state index contributed by atoms with van der Waals surface area (Å²) in [5.41, 5.74) is 1.68. The number of carbonyl (C=O) groups is 1. The Morgan fingerprint density at radius 1 is 1.03 bits per heavy atom. The summed E-state index contributed by atoms with van der Waals surface area (Å²) < 4.78 is 11.1. The van der Waals surface area contributed by atoms with Crippen LogP contribution in [0.4, 0.5) is 5.69 Å². The topological polar surface area (TPSA) is 59.6 Å². The molecular weight excluding hydrogens is 384 g/mol.